The van der Waals surface area contributed by atoms with Crippen LogP contribution in [0.1, 0.15) is 86.0 Å². The standard InChI is InChI=1S/C12H26.C2H6/c1-4-7-8-9-10-11-12(5-2)6-3;1-2/h12H,4-11H2,1-3H3;1-2H3. The van der Waals surface area contributed by atoms with Gasteiger partial charge < -0.3 is 0 Å². The Hall–Kier alpha value is 0. The minimum Gasteiger partial charge on any atom is -0.0683 e. The summed E-state index contributed by atoms with van der Waals surface area (Å²) in [6.45, 7) is 10.9. The van der Waals surface area contributed by atoms with Crippen LogP contribution in [0.2, 0.25) is 0 Å². The molecule has 0 unspecified atom stereocenters. The smallest absolute Gasteiger partial charge is 0.0420 e. The van der Waals surface area contributed by atoms with Gasteiger partial charge in [-0.2, -0.15) is 0 Å². The van der Waals surface area contributed by atoms with E-state index in [0.717, 1.165) is 5.92 Å². The molecule has 0 atom stereocenters. The monoisotopic (exact) mass is 200 g/mol. The van der Waals surface area contributed by atoms with Gasteiger partial charge in [0.1, 0.15) is 0 Å². The molecule has 0 aromatic rings. The topological polar surface area (TPSA) is 0 Å². The molecule has 0 fully saturated rings. The highest BCUT2D eigenvalue weighted by atomic mass is 14.1. The van der Waals surface area contributed by atoms with Gasteiger partial charge >= 0.3 is 0 Å². The molecule has 14 heavy (non-hydrogen) atoms. The Morgan fingerprint density at radius 2 is 1.21 bits per heavy atom. The molecule has 0 spiro atoms. The summed E-state index contributed by atoms with van der Waals surface area (Å²) in [4.78, 5) is 0. The summed E-state index contributed by atoms with van der Waals surface area (Å²) < 4.78 is 0. The maximum Gasteiger partial charge on any atom is -0.0420 e. The highest BCUT2D eigenvalue weighted by Crippen LogP contribution is 2.17. The fourth-order valence-electron chi connectivity index (χ4n) is 1.73. The van der Waals surface area contributed by atoms with E-state index in [4.69, 9.17) is 0 Å². The summed E-state index contributed by atoms with van der Waals surface area (Å²) in [7, 11) is 0. The Kier molecular flexibility index (Phi) is 18.2. The molecule has 0 bridgehead atoms. The Morgan fingerprint density at radius 3 is 1.64 bits per heavy atom. The molecule has 88 valence electrons. The fourth-order valence-corrected chi connectivity index (χ4v) is 1.73. The molecule has 0 N–H and O–H groups in total. The lowest BCUT2D eigenvalue weighted by molar-refractivity contribution is 0.428. The lowest BCUT2D eigenvalue weighted by atomic mass is 9.96. The van der Waals surface area contributed by atoms with Gasteiger partial charge in [0.25, 0.3) is 0 Å². The Balaban J connectivity index is 0. The average Bonchev–Trinajstić information content (AvgIpc) is 2.26. The number of unbranched alkanes of at least 4 members (excludes halogenated alkanes) is 4. The van der Waals surface area contributed by atoms with Crippen LogP contribution in [0.4, 0.5) is 0 Å². The van der Waals surface area contributed by atoms with Crippen LogP contribution in [0.25, 0.3) is 0 Å². The predicted molar refractivity (Wildman–Crippen MR) is 68.8 cm³/mol. The first-order chi connectivity index (χ1) is 6.85. The third kappa shape index (κ3) is 12.0. The summed E-state index contributed by atoms with van der Waals surface area (Å²) >= 11 is 0. The van der Waals surface area contributed by atoms with Crippen LogP contribution < -0.4 is 0 Å². The zero-order chi connectivity index (χ0) is 11.2. The molecule has 0 aromatic heterocycles. The van der Waals surface area contributed by atoms with Gasteiger partial charge in [0.05, 0.1) is 0 Å². The molecule has 0 saturated carbocycles. The van der Waals surface area contributed by atoms with Crippen LogP contribution in [0.3, 0.4) is 0 Å². The van der Waals surface area contributed by atoms with Gasteiger partial charge in [0.2, 0.25) is 0 Å². The molecule has 0 rings (SSSR count). The number of rotatable bonds is 8. The quantitative estimate of drug-likeness (QED) is 0.434. The summed E-state index contributed by atoms with van der Waals surface area (Å²) in [5, 5.41) is 0. The molecular formula is C14H32. The van der Waals surface area contributed by atoms with Gasteiger partial charge in [-0.25, -0.2) is 0 Å². The first-order valence-corrected chi connectivity index (χ1v) is 6.85. The van der Waals surface area contributed by atoms with E-state index >= 15 is 0 Å². The van der Waals surface area contributed by atoms with Crippen molar-refractivity contribution in [3.05, 3.63) is 0 Å². The van der Waals surface area contributed by atoms with Crippen molar-refractivity contribution in [2.24, 2.45) is 5.92 Å². The maximum absolute atomic E-state index is 2.32. The molecule has 0 aliphatic heterocycles. The van der Waals surface area contributed by atoms with E-state index in [-0.39, 0.29) is 0 Å². The van der Waals surface area contributed by atoms with Crippen molar-refractivity contribution in [2.75, 3.05) is 0 Å². The zero-order valence-electron chi connectivity index (χ0n) is 11.2. The van der Waals surface area contributed by atoms with Gasteiger partial charge in [0, 0.05) is 0 Å². The molecule has 0 heteroatoms. The van der Waals surface area contributed by atoms with E-state index in [9.17, 15) is 0 Å². The largest absolute Gasteiger partial charge is 0.0683 e. The van der Waals surface area contributed by atoms with Crippen LogP contribution in [0.5, 0.6) is 0 Å². The third-order valence-corrected chi connectivity index (χ3v) is 2.87. The van der Waals surface area contributed by atoms with Crippen molar-refractivity contribution < 1.29 is 0 Å². The maximum atomic E-state index is 2.32. The van der Waals surface area contributed by atoms with Gasteiger partial charge in [0.15, 0.2) is 0 Å². The molecule has 0 aliphatic rings. The van der Waals surface area contributed by atoms with Crippen molar-refractivity contribution >= 4 is 0 Å². The van der Waals surface area contributed by atoms with Crippen LogP contribution >= 0.6 is 0 Å². The minimum absolute atomic E-state index is 1.01. The van der Waals surface area contributed by atoms with Gasteiger partial charge in [-0.1, -0.05) is 86.0 Å². The molecule has 0 radical (unpaired) electrons. The van der Waals surface area contributed by atoms with Crippen molar-refractivity contribution in [3.63, 3.8) is 0 Å². The van der Waals surface area contributed by atoms with Gasteiger partial charge in [-0.15, -0.1) is 0 Å². The van der Waals surface area contributed by atoms with Gasteiger partial charge in [-0.05, 0) is 5.92 Å². The van der Waals surface area contributed by atoms with Crippen LogP contribution in [-0.4, -0.2) is 0 Å². The van der Waals surface area contributed by atoms with Crippen molar-refractivity contribution in [3.8, 4) is 0 Å². The highest BCUT2D eigenvalue weighted by Gasteiger charge is 2.01. The zero-order valence-corrected chi connectivity index (χ0v) is 11.2. The molecule has 0 aliphatic carbocycles. The van der Waals surface area contributed by atoms with Crippen LogP contribution in [0, 0.1) is 5.92 Å². The van der Waals surface area contributed by atoms with E-state index in [1.807, 2.05) is 13.8 Å². The summed E-state index contributed by atoms with van der Waals surface area (Å²) in [5.74, 6) is 1.01. The highest BCUT2D eigenvalue weighted by molar-refractivity contribution is 4.54. The van der Waals surface area contributed by atoms with Crippen molar-refractivity contribution in [1.82, 2.24) is 0 Å². The van der Waals surface area contributed by atoms with Crippen LogP contribution in [-0.2, 0) is 0 Å². The lowest BCUT2D eigenvalue weighted by Gasteiger charge is -2.10. The van der Waals surface area contributed by atoms with E-state index in [1.165, 1.54) is 51.4 Å². The Morgan fingerprint density at radius 1 is 0.714 bits per heavy atom. The molecule has 0 aromatic carbocycles. The molecular weight excluding hydrogens is 168 g/mol. The number of hydrogen-bond acceptors (Lipinski definition) is 0. The Bertz CT molecular complexity index is 72.1. The average molecular weight is 200 g/mol. The van der Waals surface area contributed by atoms with E-state index in [2.05, 4.69) is 20.8 Å². The second kappa shape index (κ2) is 15.5. The van der Waals surface area contributed by atoms with Gasteiger partial charge in [-0.3, -0.25) is 0 Å². The van der Waals surface area contributed by atoms with Crippen molar-refractivity contribution in [2.45, 2.75) is 86.0 Å². The summed E-state index contributed by atoms with van der Waals surface area (Å²) in [6, 6.07) is 0. The molecule has 0 nitrogen and oxygen atoms in total. The molecule has 0 heterocycles. The van der Waals surface area contributed by atoms with E-state index in [1.54, 1.807) is 0 Å². The summed E-state index contributed by atoms with van der Waals surface area (Å²) in [5.41, 5.74) is 0. The second-order valence-corrected chi connectivity index (χ2v) is 3.89. The van der Waals surface area contributed by atoms with E-state index < -0.39 is 0 Å². The SMILES string of the molecule is CC.CCCCCCCC(CC)CC. The Labute approximate surface area is 92.5 Å². The van der Waals surface area contributed by atoms with Crippen LogP contribution in [0.15, 0.2) is 0 Å². The fraction of sp³-hybridized carbons (Fsp3) is 1.00. The lowest BCUT2D eigenvalue weighted by Crippen LogP contribution is -1.96. The predicted octanol–water partition coefficient (Wildman–Crippen LogP) is 5.81. The summed E-state index contributed by atoms with van der Waals surface area (Å²) in [6.07, 6.45) is 11.4. The first kappa shape index (κ1) is 16.4. The molecule has 0 amide bonds. The minimum atomic E-state index is 1.01. The molecule has 0 saturated heterocycles. The van der Waals surface area contributed by atoms with E-state index in [0.29, 0.717) is 0 Å². The normalized spacial score (nSPS) is 9.86. The third-order valence-electron chi connectivity index (χ3n) is 2.87. The number of hydrogen-bond donors (Lipinski definition) is 0. The first-order valence-electron chi connectivity index (χ1n) is 6.85. The van der Waals surface area contributed by atoms with Crippen molar-refractivity contribution in [1.29, 1.82) is 0 Å². The second-order valence-electron chi connectivity index (χ2n) is 3.89.